The second-order valence-corrected chi connectivity index (χ2v) is 6.17. The van der Waals surface area contributed by atoms with Gasteiger partial charge in [0, 0.05) is 11.8 Å². The Morgan fingerprint density at radius 3 is 2.96 bits per heavy atom. The number of halogens is 1. The molecular formula is C16H12FN5O3S. The van der Waals surface area contributed by atoms with Crippen LogP contribution in [0, 0.1) is 5.82 Å². The fourth-order valence-corrected chi connectivity index (χ4v) is 3.03. The van der Waals surface area contributed by atoms with Crippen LogP contribution >= 0.6 is 11.8 Å². The average Bonchev–Trinajstić information content (AvgIpc) is 3.29. The maximum absolute atomic E-state index is 13.9. The number of benzene rings is 2. The van der Waals surface area contributed by atoms with E-state index in [1.165, 1.54) is 10.7 Å². The molecule has 0 spiro atoms. The summed E-state index contributed by atoms with van der Waals surface area (Å²) in [7, 11) is 0. The van der Waals surface area contributed by atoms with E-state index in [9.17, 15) is 9.18 Å². The molecule has 1 N–H and O–H groups in total. The Morgan fingerprint density at radius 1 is 1.23 bits per heavy atom. The molecule has 10 heteroatoms. The molecule has 1 amide bonds. The van der Waals surface area contributed by atoms with E-state index in [4.69, 9.17) is 9.47 Å². The number of ether oxygens (including phenoxy) is 2. The molecule has 3 aromatic rings. The van der Waals surface area contributed by atoms with Crippen LogP contribution in [-0.4, -0.2) is 38.7 Å². The van der Waals surface area contributed by atoms with Crippen LogP contribution in [0.15, 0.2) is 47.6 Å². The van der Waals surface area contributed by atoms with Gasteiger partial charge in [0.1, 0.15) is 11.5 Å². The minimum atomic E-state index is -0.452. The normalized spacial score (nSPS) is 12.2. The minimum absolute atomic E-state index is 0.0588. The first-order valence-corrected chi connectivity index (χ1v) is 8.55. The summed E-state index contributed by atoms with van der Waals surface area (Å²) in [6, 6.07) is 11.3. The number of amides is 1. The van der Waals surface area contributed by atoms with Crippen LogP contribution < -0.4 is 14.8 Å². The lowest BCUT2D eigenvalue weighted by Gasteiger charge is -2.07. The number of para-hydroxylation sites is 1. The van der Waals surface area contributed by atoms with Crippen LogP contribution in [0.4, 0.5) is 10.1 Å². The lowest BCUT2D eigenvalue weighted by atomic mass is 10.3. The van der Waals surface area contributed by atoms with Crippen LogP contribution in [-0.2, 0) is 4.79 Å². The summed E-state index contributed by atoms with van der Waals surface area (Å²) in [6.07, 6.45) is 0. The summed E-state index contributed by atoms with van der Waals surface area (Å²) in [4.78, 5) is 12.2. The number of anilines is 1. The van der Waals surface area contributed by atoms with Gasteiger partial charge in [-0.05, 0) is 34.7 Å². The van der Waals surface area contributed by atoms with Gasteiger partial charge in [0.15, 0.2) is 11.5 Å². The predicted octanol–water partition coefficient (Wildman–Crippen LogP) is 2.26. The zero-order valence-electron chi connectivity index (χ0n) is 13.3. The highest BCUT2D eigenvalue weighted by atomic mass is 32.2. The Kier molecular flexibility index (Phi) is 4.40. The summed E-state index contributed by atoms with van der Waals surface area (Å²) in [5, 5.41) is 14.2. The van der Waals surface area contributed by atoms with Crippen molar-refractivity contribution in [1.82, 2.24) is 20.2 Å². The first kappa shape index (κ1) is 16.3. The van der Waals surface area contributed by atoms with E-state index in [1.807, 2.05) is 0 Å². The van der Waals surface area contributed by atoms with Crippen molar-refractivity contribution in [3.63, 3.8) is 0 Å². The van der Waals surface area contributed by atoms with Crippen LogP contribution in [0.2, 0.25) is 0 Å². The van der Waals surface area contributed by atoms with Crippen molar-refractivity contribution >= 4 is 23.4 Å². The maximum atomic E-state index is 13.9. The summed E-state index contributed by atoms with van der Waals surface area (Å²) in [6.45, 7) is 0.168. The number of carbonyl (C=O) groups excluding carboxylic acids is 1. The minimum Gasteiger partial charge on any atom is -0.454 e. The highest BCUT2D eigenvalue weighted by Gasteiger charge is 2.16. The molecule has 0 fully saturated rings. The number of rotatable bonds is 5. The Balaban J connectivity index is 1.41. The van der Waals surface area contributed by atoms with E-state index in [0.717, 1.165) is 11.8 Å². The van der Waals surface area contributed by atoms with Crippen LogP contribution in [0.3, 0.4) is 0 Å². The molecular weight excluding hydrogens is 361 g/mol. The number of tetrazole rings is 1. The van der Waals surface area contributed by atoms with Crippen molar-refractivity contribution in [3.8, 4) is 17.2 Å². The lowest BCUT2D eigenvalue weighted by Crippen LogP contribution is -2.14. The highest BCUT2D eigenvalue weighted by molar-refractivity contribution is 7.99. The molecule has 1 aromatic heterocycles. The fourth-order valence-electron chi connectivity index (χ4n) is 2.35. The smallest absolute Gasteiger partial charge is 0.234 e. The van der Waals surface area contributed by atoms with Gasteiger partial charge in [-0.15, -0.1) is 5.10 Å². The number of nitrogens with one attached hydrogen (secondary N) is 1. The second kappa shape index (κ2) is 7.00. The van der Waals surface area contributed by atoms with Crippen molar-refractivity contribution < 1.29 is 18.7 Å². The number of nitrogens with zero attached hydrogens (tertiary/aromatic N) is 4. The fraction of sp³-hybridized carbons (Fsp3) is 0.125. The van der Waals surface area contributed by atoms with Gasteiger partial charge < -0.3 is 14.8 Å². The molecule has 26 heavy (non-hydrogen) atoms. The van der Waals surface area contributed by atoms with Crippen molar-refractivity contribution in [2.75, 3.05) is 17.9 Å². The van der Waals surface area contributed by atoms with Crippen LogP contribution in [0.1, 0.15) is 0 Å². The second-order valence-electron chi connectivity index (χ2n) is 5.23. The van der Waals surface area contributed by atoms with Crippen molar-refractivity contribution in [3.05, 3.63) is 48.3 Å². The van der Waals surface area contributed by atoms with Crippen molar-refractivity contribution in [2.24, 2.45) is 0 Å². The zero-order valence-corrected chi connectivity index (χ0v) is 14.1. The Hall–Kier alpha value is -3.14. The standard InChI is InChI=1S/C16H12FN5O3S/c17-11-3-1-2-4-12(11)22-16(19-20-21-22)26-8-15(23)18-10-5-6-13-14(7-10)25-9-24-13/h1-7H,8-9H2,(H,18,23). The van der Waals surface area contributed by atoms with E-state index in [1.54, 1.807) is 36.4 Å². The lowest BCUT2D eigenvalue weighted by molar-refractivity contribution is -0.113. The van der Waals surface area contributed by atoms with E-state index in [0.29, 0.717) is 22.3 Å². The van der Waals surface area contributed by atoms with Gasteiger partial charge in [-0.3, -0.25) is 4.79 Å². The van der Waals surface area contributed by atoms with Crippen LogP contribution in [0.5, 0.6) is 11.5 Å². The van der Waals surface area contributed by atoms with E-state index < -0.39 is 5.82 Å². The number of thioether (sulfide) groups is 1. The van der Waals surface area contributed by atoms with Gasteiger partial charge in [0.05, 0.1) is 5.75 Å². The molecule has 0 unspecified atom stereocenters. The first-order valence-electron chi connectivity index (χ1n) is 7.56. The summed E-state index contributed by atoms with van der Waals surface area (Å²) < 4.78 is 25.7. The molecule has 0 bridgehead atoms. The molecule has 8 nitrogen and oxygen atoms in total. The van der Waals surface area contributed by atoms with Crippen molar-refractivity contribution in [2.45, 2.75) is 5.16 Å². The molecule has 0 atom stereocenters. The maximum Gasteiger partial charge on any atom is 0.234 e. The Morgan fingerprint density at radius 2 is 2.08 bits per heavy atom. The molecule has 132 valence electrons. The third kappa shape index (κ3) is 3.31. The third-order valence-electron chi connectivity index (χ3n) is 3.51. The Bertz CT molecular complexity index is 965. The van der Waals surface area contributed by atoms with Gasteiger partial charge in [0.25, 0.3) is 0 Å². The molecule has 4 rings (SSSR count). The number of carbonyl (C=O) groups is 1. The van der Waals surface area contributed by atoms with Gasteiger partial charge in [-0.2, -0.15) is 4.68 Å². The van der Waals surface area contributed by atoms with Crippen LogP contribution in [0.25, 0.3) is 5.69 Å². The van der Waals surface area contributed by atoms with Gasteiger partial charge >= 0.3 is 0 Å². The molecule has 2 aromatic carbocycles. The summed E-state index contributed by atoms with van der Waals surface area (Å²) in [5.74, 6) is 0.576. The number of fused-ring (bicyclic) bond motifs is 1. The molecule has 2 heterocycles. The number of hydrogen-bond acceptors (Lipinski definition) is 7. The van der Waals surface area contributed by atoms with Gasteiger partial charge in [-0.25, -0.2) is 4.39 Å². The highest BCUT2D eigenvalue weighted by Crippen LogP contribution is 2.34. The summed E-state index contributed by atoms with van der Waals surface area (Å²) in [5.41, 5.74) is 0.810. The monoisotopic (exact) mass is 373 g/mol. The Labute approximate surface area is 151 Å². The third-order valence-corrected chi connectivity index (χ3v) is 4.43. The predicted molar refractivity (Wildman–Crippen MR) is 91.0 cm³/mol. The molecule has 1 aliphatic heterocycles. The molecule has 0 saturated heterocycles. The quantitative estimate of drug-likeness (QED) is 0.686. The first-order chi connectivity index (χ1) is 12.7. The molecule has 0 aliphatic carbocycles. The topological polar surface area (TPSA) is 91.2 Å². The van der Waals surface area contributed by atoms with Gasteiger partial charge in [0.2, 0.25) is 17.9 Å². The van der Waals surface area contributed by atoms with E-state index >= 15 is 0 Å². The molecule has 0 saturated carbocycles. The summed E-state index contributed by atoms with van der Waals surface area (Å²) >= 11 is 1.10. The van der Waals surface area contributed by atoms with Crippen molar-refractivity contribution in [1.29, 1.82) is 0 Å². The zero-order chi connectivity index (χ0) is 17.9. The average molecular weight is 373 g/mol. The SMILES string of the molecule is O=C(CSc1nnnn1-c1ccccc1F)Nc1ccc2c(c1)OCO2. The molecule has 0 radical (unpaired) electrons. The molecule has 1 aliphatic rings. The largest absolute Gasteiger partial charge is 0.454 e. The number of aromatic nitrogens is 4. The van der Waals surface area contributed by atoms with Gasteiger partial charge in [-0.1, -0.05) is 23.9 Å². The number of hydrogen-bond donors (Lipinski definition) is 1. The van der Waals surface area contributed by atoms with E-state index in [-0.39, 0.29) is 24.1 Å². The van der Waals surface area contributed by atoms with E-state index in [2.05, 4.69) is 20.8 Å².